The molecule has 2 rings (SSSR count). The van der Waals surface area contributed by atoms with Crippen molar-refractivity contribution in [1.29, 1.82) is 0 Å². The SMILES string of the molecule is Cc1ccccc1N(C)C(=O)c1cc([N+](=O)[O-])cnc1N. The van der Waals surface area contributed by atoms with Gasteiger partial charge in [0.05, 0.1) is 10.5 Å². The number of aromatic nitrogens is 1. The van der Waals surface area contributed by atoms with Crippen LogP contribution in [0, 0.1) is 17.0 Å². The predicted octanol–water partition coefficient (Wildman–Crippen LogP) is 2.16. The molecule has 7 heteroatoms. The number of hydrogen-bond acceptors (Lipinski definition) is 5. The average molecular weight is 286 g/mol. The second-order valence-corrected chi connectivity index (χ2v) is 4.53. The molecule has 108 valence electrons. The van der Waals surface area contributed by atoms with Gasteiger partial charge in [-0.05, 0) is 18.6 Å². The highest BCUT2D eigenvalue weighted by molar-refractivity contribution is 6.09. The smallest absolute Gasteiger partial charge is 0.288 e. The number of anilines is 2. The number of aryl methyl sites for hydroxylation is 1. The van der Waals surface area contributed by atoms with Crippen LogP contribution in [0.1, 0.15) is 15.9 Å². The Morgan fingerprint density at radius 2 is 2.05 bits per heavy atom. The Hall–Kier alpha value is -2.96. The van der Waals surface area contributed by atoms with Crippen LogP contribution in [0.4, 0.5) is 17.2 Å². The van der Waals surface area contributed by atoms with Gasteiger partial charge in [-0.15, -0.1) is 0 Å². The number of nitrogen functional groups attached to an aromatic ring is 1. The molecule has 1 aromatic heterocycles. The van der Waals surface area contributed by atoms with Crippen LogP contribution >= 0.6 is 0 Å². The van der Waals surface area contributed by atoms with E-state index >= 15 is 0 Å². The minimum atomic E-state index is -0.614. The maximum absolute atomic E-state index is 12.5. The van der Waals surface area contributed by atoms with Gasteiger partial charge in [0.2, 0.25) is 0 Å². The Bertz CT molecular complexity index is 715. The lowest BCUT2D eigenvalue weighted by molar-refractivity contribution is -0.385. The van der Waals surface area contributed by atoms with Crippen molar-refractivity contribution in [3.8, 4) is 0 Å². The molecule has 1 aromatic carbocycles. The summed E-state index contributed by atoms with van der Waals surface area (Å²) in [6, 6.07) is 8.46. The maximum Gasteiger partial charge on any atom is 0.288 e. The van der Waals surface area contributed by atoms with Crippen molar-refractivity contribution >= 4 is 23.1 Å². The molecule has 2 N–H and O–H groups in total. The first-order chi connectivity index (χ1) is 9.91. The second kappa shape index (κ2) is 5.58. The molecular formula is C14H14N4O3. The molecule has 0 unspecified atom stereocenters. The molecule has 0 aliphatic carbocycles. The van der Waals surface area contributed by atoms with Crippen molar-refractivity contribution in [3.05, 3.63) is 57.8 Å². The van der Waals surface area contributed by atoms with E-state index in [0.717, 1.165) is 17.8 Å². The molecule has 0 saturated carbocycles. The van der Waals surface area contributed by atoms with Gasteiger partial charge < -0.3 is 10.6 Å². The van der Waals surface area contributed by atoms with Crippen molar-refractivity contribution in [3.63, 3.8) is 0 Å². The molecule has 0 spiro atoms. The lowest BCUT2D eigenvalue weighted by Gasteiger charge is -2.19. The van der Waals surface area contributed by atoms with E-state index in [4.69, 9.17) is 5.73 Å². The van der Waals surface area contributed by atoms with E-state index in [1.165, 1.54) is 4.90 Å². The molecule has 2 aromatic rings. The molecule has 0 saturated heterocycles. The first-order valence-corrected chi connectivity index (χ1v) is 6.15. The monoisotopic (exact) mass is 286 g/mol. The van der Waals surface area contributed by atoms with Crippen LogP contribution in [0.15, 0.2) is 36.5 Å². The van der Waals surface area contributed by atoms with Crippen LogP contribution in [0.3, 0.4) is 0 Å². The molecule has 21 heavy (non-hydrogen) atoms. The van der Waals surface area contributed by atoms with E-state index in [1.807, 2.05) is 19.1 Å². The number of carbonyl (C=O) groups is 1. The van der Waals surface area contributed by atoms with Crippen LogP contribution in [-0.4, -0.2) is 22.9 Å². The third-order valence-electron chi connectivity index (χ3n) is 3.13. The highest BCUT2D eigenvalue weighted by Crippen LogP contribution is 2.23. The van der Waals surface area contributed by atoms with Crippen molar-refractivity contribution in [2.45, 2.75) is 6.92 Å². The Morgan fingerprint density at radius 1 is 1.38 bits per heavy atom. The van der Waals surface area contributed by atoms with Gasteiger partial charge >= 0.3 is 0 Å². The maximum atomic E-state index is 12.5. The third-order valence-corrected chi connectivity index (χ3v) is 3.13. The summed E-state index contributed by atoms with van der Waals surface area (Å²) in [7, 11) is 1.59. The number of para-hydroxylation sites is 1. The first-order valence-electron chi connectivity index (χ1n) is 6.15. The zero-order chi connectivity index (χ0) is 15.6. The largest absolute Gasteiger partial charge is 0.383 e. The summed E-state index contributed by atoms with van der Waals surface area (Å²) in [5.41, 5.74) is 7.01. The molecule has 0 radical (unpaired) electrons. The van der Waals surface area contributed by atoms with E-state index in [2.05, 4.69) is 4.98 Å². The Balaban J connectivity index is 2.42. The molecule has 0 aliphatic rings. The summed E-state index contributed by atoms with van der Waals surface area (Å²) in [6.07, 6.45) is 1.03. The number of carbonyl (C=O) groups excluding carboxylic acids is 1. The van der Waals surface area contributed by atoms with Gasteiger partial charge in [0, 0.05) is 18.8 Å². The van der Waals surface area contributed by atoms with E-state index in [0.29, 0.717) is 5.69 Å². The minimum absolute atomic E-state index is 0.00922. The van der Waals surface area contributed by atoms with Gasteiger partial charge in [-0.1, -0.05) is 18.2 Å². The van der Waals surface area contributed by atoms with Gasteiger partial charge in [0.1, 0.15) is 12.0 Å². The van der Waals surface area contributed by atoms with E-state index in [9.17, 15) is 14.9 Å². The minimum Gasteiger partial charge on any atom is -0.383 e. The predicted molar refractivity (Wildman–Crippen MR) is 79.2 cm³/mol. The number of nitrogens with two attached hydrogens (primary N) is 1. The fourth-order valence-corrected chi connectivity index (χ4v) is 1.97. The molecule has 0 fully saturated rings. The first kappa shape index (κ1) is 14.4. The van der Waals surface area contributed by atoms with Crippen molar-refractivity contribution in [1.82, 2.24) is 4.98 Å². The molecular weight excluding hydrogens is 272 g/mol. The number of rotatable bonds is 3. The quantitative estimate of drug-likeness (QED) is 0.688. The van der Waals surface area contributed by atoms with Crippen LogP contribution in [0.2, 0.25) is 0 Å². The van der Waals surface area contributed by atoms with E-state index in [-0.39, 0.29) is 17.1 Å². The van der Waals surface area contributed by atoms with Gasteiger partial charge in [-0.2, -0.15) is 0 Å². The number of nitro groups is 1. The summed E-state index contributed by atoms with van der Waals surface area (Å²) in [5, 5.41) is 10.8. The Kier molecular flexibility index (Phi) is 3.84. The Morgan fingerprint density at radius 3 is 2.67 bits per heavy atom. The van der Waals surface area contributed by atoms with Crippen LogP contribution in [0.5, 0.6) is 0 Å². The van der Waals surface area contributed by atoms with E-state index in [1.54, 1.807) is 19.2 Å². The highest BCUT2D eigenvalue weighted by Gasteiger charge is 2.21. The highest BCUT2D eigenvalue weighted by atomic mass is 16.6. The lowest BCUT2D eigenvalue weighted by atomic mass is 10.1. The lowest BCUT2D eigenvalue weighted by Crippen LogP contribution is -2.28. The zero-order valence-electron chi connectivity index (χ0n) is 11.6. The summed E-state index contributed by atoms with van der Waals surface area (Å²) in [4.78, 5) is 27.7. The summed E-state index contributed by atoms with van der Waals surface area (Å²) in [6.45, 7) is 1.87. The molecule has 7 nitrogen and oxygen atoms in total. The van der Waals surface area contributed by atoms with Crippen LogP contribution < -0.4 is 10.6 Å². The summed E-state index contributed by atoms with van der Waals surface area (Å²) >= 11 is 0. The van der Waals surface area contributed by atoms with Gasteiger partial charge in [0.15, 0.2) is 0 Å². The number of nitrogens with zero attached hydrogens (tertiary/aromatic N) is 3. The third kappa shape index (κ3) is 2.81. The number of amides is 1. The van der Waals surface area contributed by atoms with Crippen molar-refractivity contribution < 1.29 is 9.72 Å². The fraction of sp³-hybridized carbons (Fsp3) is 0.143. The average Bonchev–Trinajstić information content (AvgIpc) is 2.46. The fourth-order valence-electron chi connectivity index (χ4n) is 1.97. The van der Waals surface area contributed by atoms with Gasteiger partial charge in [-0.3, -0.25) is 14.9 Å². The normalized spacial score (nSPS) is 10.2. The standard InChI is InChI=1S/C14H14N4O3/c1-9-5-3-4-6-12(9)17(2)14(19)11-7-10(18(20)21)8-16-13(11)15/h3-8H,1-2H3,(H2,15,16). The van der Waals surface area contributed by atoms with Gasteiger partial charge in [0.25, 0.3) is 11.6 Å². The summed E-state index contributed by atoms with van der Waals surface area (Å²) < 4.78 is 0. The number of benzene rings is 1. The summed E-state index contributed by atoms with van der Waals surface area (Å²) in [5.74, 6) is -0.482. The Labute approximate surface area is 121 Å². The molecule has 1 heterocycles. The topological polar surface area (TPSA) is 102 Å². The second-order valence-electron chi connectivity index (χ2n) is 4.53. The van der Waals surface area contributed by atoms with E-state index < -0.39 is 10.8 Å². The zero-order valence-corrected chi connectivity index (χ0v) is 11.6. The molecule has 1 amide bonds. The molecule has 0 bridgehead atoms. The number of hydrogen-bond donors (Lipinski definition) is 1. The van der Waals surface area contributed by atoms with Crippen LogP contribution in [0.25, 0.3) is 0 Å². The van der Waals surface area contributed by atoms with Crippen molar-refractivity contribution in [2.75, 3.05) is 17.7 Å². The molecule has 0 atom stereocenters. The van der Waals surface area contributed by atoms with Crippen molar-refractivity contribution in [2.24, 2.45) is 0 Å². The number of pyridine rings is 1. The molecule has 0 aliphatic heterocycles. The van der Waals surface area contributed by atoms with Crippen LogP contribution in [-0.2, 0) is 0 Å². The van der Waals surface area contributed by atoms with Gasteiger partial charge in [-0.25, -0.2) is 4.98 Å².